The highest BCUT2D eigenvalue weighted by atomic mass is 35.5. The maximum absolute atomic E-state index is 6.26. The van der Waals surface area contributed by atoms with Gasteiger partial charge in [-0.1, -0.05) is 47.1 Å². The van der Waals surface area contributed by atoms with E-state index >= 15 is 0 Å². The molecule has 0 radical (unpaired) electrons. The predicted octanol–water partition coefficient (Wildman–Crippen LogP) is 4.43. The van der Waals surface area contributed by atoms with E-state index in [0.29, 0.717) is 10.0 Å². The zero-order chi connectivity index (χ0) is 13.4. The quantitative estimate of drug-likeness (QED) is 0.518. The van der Waals surface area contributed by atoms with E-state index in [1.54, 1.807) is 30.4 Å². The summed E-state index contributed by atoms with van der Waals surface area (Å²) in [6, 6.07) is 7.46. The summed E-state index contributed by atoms with van der Waals surface area (Å²) in [7, 11) is 0. The first kappa shape index (κ1) is 12.8. The molecule has 0 aliphatic rings. The van der Waals surface area contributed by atoms with Crippen LogP contribution in [0.5, 0.6) is 0 Å². The van der Waals surface area contributed by atoms with Gasteiger partial charge in [-0.05, 0) is 18.4 Å². The Bertz CT molecular complexity index is 755. The number of imidazole rings is 1. The second kappa shape index (κ2) is 5.04. The molecule has 2 heterocycles. The second-order valence-corrected chi connectivity index (χ2v) is 5.44. The summed E-state index contributed by atoms with van der Waals surface area (Å²) in [5.74, 6) is 0. The van der Waals surface area contributed by atoms with Gasteiger partial charge in [-0.25, -0.2) is 9.97 Å². The number of nitrogens with zero attached hydrogens (tertiary/aromatic N) is 3. The third-order valence-electron chi connectivity index (χ3n) is 2.82. The van der Waals surface area contributed by atoms with Gasteiger partial charge in [0.1, 0.15) is 6.33 Å². The molecule has 0 saturated carbocycles. The van der Waals surface area contributed by atoms with Crippen LogP contribution in [0.3, 0.4) is 0 Å². The Morgan fingerprint density at radius 1 is 1.16 bits per heavy atom. The molecule has 0 aliphatic carbocycles. The first-order valence-corrected chi connectivity index (χ1v) is 7.51. The van der Waals surface area contributed by atoms with Crippen molar-refractivity contribution in [2.45, 2.75) is 5.16 Å². The fraction of sp³-hybridized carbons (Fsp3) is 0.0769. The Balaban J connectivity index is 2.29. The molecule has 0 saturated heterocycles. The largest absolute Gasteiger partial charge is 0.277 e. The zero-order valence-corrected chi connectivity index (χ0v) is 12.3. The van der Waals surface area contributed by atoms with Crippen LogP contribution in [0.1, 0.15) is 0 Å². The molecule has 19 heavy (non-hydrogen) atoms. The fourth-order valence-corrected chi connectivity index (χ4v) is 2.85. The number of hydrogen-bond donors (Lipinski definition) is 0. The molecule has 0 fully saturated rings. The minimum Gasteiger partial charge on any atom is -0.277 e. The van der Waals surface area contributed by atoms with Crippen LogP contribution < -0.4 is 0 Å². The Morgan fingerprint density at radius 3 is 2.79 bits per heavy atom. The van der Waals surface area contributed by atoms with Crippen LogP contribution in [-0.2, 0) is 0 Å². The topological polar surface area (TPSA) is 30.2 Å². The minimum absolute atomic E-state index is 0.521. The van der Waals surface area contributed by atoms with E-state index in [-0.39, 0.29) is 0 Å². The van der Waals surface area contributed by atoms with Crippen LogP contribution >= 0.6 is 35.0 Å². The molecule has 6 heteroatoms. The van der Waals surface area contributed by atoms with Gasteiger partial charge in [-0.3, -0.25) is 4.40 Å². The number of fused-ring (bicyclic) bond motifs is 1. The van der Waals surface area contributed by atoms with Crippen molar-refractivity contribution in [1.82, 2.24) is 14.4 Å². The molecule has 0 spiro atoms. The average molecular weight is 310 g/mol. The SMILES string of the molecule is CSc1nccc2c(-c3cccc(Cl)c3Cl)ncn12. The lowest BCUT2D eigenvalue weighted by atomic mass is 10.1. The van der Waals surface area contributed by atoms with Gasteiger partial charge < -0.3 is 0 Å². The highest BCUT2D eigenvalue weighted by molar-refractivity contribution is 7.98. The van der Waals surface area contributed by atoms with Crippen molar-refractivity contribution < 1.29 is 0 Å². The highest BCUT2D eigenvalue weighted by Gasteiger charge is 2.13. The van der Waals surface area contributed by atoms with Gasteiger partial charge in [0.05, 0.1) is 21.3 Å². The monoisotopic (exact) mass is 309 g/mol. The third-order valence-corrected chi connectivity index (χ3v) is 4.30. The summed E-state index contributed by atoms with van der Waals surface area (Å²) >= 11 is 13.9. The summed E-state index contributed by atoms with van der Waals surface area (Å²) in [5, 5.41) is 1.93. The van der Waals surface area contributed by atoms with Crippen molar-refractivity contribution in [1.29, 1.82) is 0 Å². The Labute approximate surface area is 124 Å². The number of rotatable bonds is 2. The van der Waals surface area contributed by atoms with E-state index in [0.717, 1.165) is 21.9 Å². The molecule has 0 aliphatic heterocycles. The van der Waals surface area contributed by atoms with Crippen LogP contribution in [0.25, 0.3) is 16.8 Å². The normalized spacial score (nSPS) is 11.1. The van der Waals surface area contributed by atoms with E-state index in [1.807, 2.05) is 28.9 Å². The fourth-order valence-electron chi connectivity index (χ4n) is 1.95. The third kappa shape index (κ3) is 2.10. The first-order chi connectivity index (χ1) is 9.22. The van der Waals surface area contributed by atoms with Crippen molar-refractivity contribution in [2.75, 3.05) is 6.26 Å². The van der Waals surface area contributed by atoms with Gasteiger partial charge in [0.25, 0.3) is 0 Å². The van der Waals surface area contributed by atoms with E-state index < -0.39 is 0 Å². The molecule has 0 atom stereocenters. The Hall–Kier alpha value is -1.23. The Kier molecular flexibility index (Phi) is 3.39. The summed E-state index contributed by atoms with van der Waals surface area (Å²) in [6.45, 7) is 0. The average Bonchev–Trinajstić information content (AvgIpc) is 2.85. The molecule has 3 aromatic rings. The second-order valence-electron chi connectivity index (χ2n) is 3.88. The highest BCUT2D eigenvalue weighted by Crippen LogP contribution is 2.35. The van der Waals surface area contributed by atoms with Gasteiger partial charge in [0.2, 0.25) is 0 Å². The lowest BCUT2D eigenvalue weighted by Crippen LogP contribution is -1.91. The molecule has 3 rings (SSSR count). The van der Waals surface area contributed by atoms with Crippen molar-refractivity contribution in [2.24, 2.45) is 0 Å². The predicted molar refractivity (Wildman–Crippen MR) is 80.2 cm³/mol. The van der Waals surface area contributed by atoms with Gasteiger partial charge >= 0.3 is 0 Å². The minimum atomic E-state index is 0.521. The molecule has 3 nitrogen and oxygen atoms in total. The van der Waals surface area contributed by atoms with Crippen LogP contribution in [0, 0.1) is 0 Å². The summed E-state index contributed by atoms with van der Waals surface area (Å²) in [5.41, 5.74) is 2.60. The molecule has 0 amide bonds. The van der Waals surface area contributed by atoms with Gasteiger partial charge in [-0.2, -0.15) is 0 Å². The van der Waals surface area contributed by atoms with Crippen molar-refractivity contribution in [3.05, 3.63) is 46.8 Å². The molecule has 0 N–H and O–H groups in total. The number of aromatic nitrogens is 3. The van der Waals surface area contributed by atoms with E-state index in [1.165, 1.54) is 0 Å². The number of halogens is 2. The van der Waals surface area contributed by atoms with Crippen LogP contribution in [0.4, 0.5) is 0 Å². The first-order valence-electron chi connectivity index (χ1n) is 5.53. The number of thioether (sulfide) groups is 1. The van der Waals surface area contributed by atoms with Crippen LogP contribution in [0.15, 0.2) is 41.9 Å². The molecule has 1 aromatic carbocycles. The Morgan fingerprint density at radius 2 is 2.00 bits per heavy atom. The van der Waals surface area contributed by atoms with Gasteiger partial charge in [-0.15, -0.1) is 0 Å². The van der Waals surface area contributed by atoms with Gasteiger partial charge in [0.15, 0.2) is 5.16 Å². The number of hydrogen-bond acceptors (Lipinski definition) is 3. The van der Waals surface area contributed by atoms with Crippen molar-refractivity contribution in [3.8, 4) is 11.3 Å². The zero-order valence-electron chi connectivity index (χ0n) is 9.97. The van der Waals surface area contributed by atoms with Crippen molar-refractivity contribution in [3.63, 3.8) is 0 Å². The standard InChI is InChI=1S/C13H9Cl2N3S/c1-19-13-16-6-5-10-12(17-7-18(10)13)8-3-2-4-9(14)11(8)15/h2-7H,1H3. The summed E-state index contributed by atoms with van der Waals surface area (Å²) in [4.78, 5) is 8.74. The summed E-state index contributed by atoms with van der Waals surface area (Å²) in [6.07, 6.45) is 5.50. The summed E-state index contributed by atoms with van der Waals surface area (Å²) < 4.78 is 1.94. The lowest BCUT2D eigenvalue weighted by molar-refractivity contribution is 0.900. The molecule has 2 aromatic heterocycles. The molecule has 96 valence electrons. The van der Waals surface area contributed by atoms with E-state index in [2.05, 4.69) is 9.97 Å². The molecule has 0 unspecified atom stereocenters. The maximum atomic E-state index is 6.26. The van der Waals surface area contributed by atoms with E-state index in [9.17, 15) is 0 Å². The molecular weight excluding hydrogens is 301 g/mol. The van der Waals surface area contributed by atoms with Crippen LogP contribution in [0.2, 0.25) is 10.0 Å². The smallest absolute Gasteiger partial charge is 0.173 e. The maximum Gasteiger partial charge on any atom is 0.173 e. The van der Waals surface area contributed by atoms with Crippen molar-refractivity contribution >= 4 is 40.5 Å². The lowest BCUT2D eigenvalue weighted by Gasteiger charge is -2.04. The molecule has 0 bridgehead atoms. The van der Waals surface area contributed by atoms with E-state index in [4.69, 9.17) is 23.2 Å². The van der Waals surface area contributed by atoms with Gasteiger partial charge in [0, 0.05) is 11.8 Å². The van der Waals surface area contributed by atoms with Crippen LogP contribution in [-0.4, -0.2) is 20.6 Å². The molecular formula is C13H9Cl2N3S. The number of benzene rings is 1.